The van der Waals surface area contributed by atoms with Gasteiger partial charge in [0.25, 0.3) is 0 Å². The second kappa shape index (κ2) is 7.86. The zero-order valence-electron chi connectivity index (χ0n) is 11.3. The molecule has 2 rings (SSSR count). The Morgan fingerprint density at radius 2 is 2.32 bits per heavy atom. The van der Waals surface area contributed by atoms with Crippen molar-refractivity contribution in [3.05, 3.63) is 35.6 Å². The molecule has 0 aliphatic carbocycles. The highest BCUT2D eigenvalue weighted by Crippen LogP contribution is 2.22. The predicted molar refractivity (Wildman–Crippen MR) is 77.1 cm³/mol. The quantitative estimate of drug-likeness (QED) is 0.666. The van der Waals surface area contributed by atoms with E-state index in [-0.39, 0.29) is 5.82 Å². The standard InChI is InChI=1S/C16H22ClFO/c17-12-14(5-2-7-16-8-3-9-19-16)10-13-4-1-6-15(18)11-13/h1,4,6,11,14,16H,2-3,5,7-10,12H2. The fraction of sp³-hybridized carbons (Fsp3) is 0.625. The molecule has 1 nitrogen and oxygen atoms in total. The van der Waals surface area contributed by atoms with Gasteiger partial charge in [-0.3, -0.25) is 0 Å². The van der Waals surface area contributed by atoms with E-state index in [0.29, 0.717) is 17.9 Å². The smallest absolute Gasteiger partial charge is 0.123 e. The fourth-order valence-corrected chi connectivity index (χ4v) is 3.00. The molecule has 2 atom stereocenters. The molecule has 2 unspecified atom stereocenters. The highest BCUT2D eigenvalue weighted by atomic mass is 35.5. The van der Waals surface area contributed by atoms with Gasteiger partial charge in [-0.05, 0) is 55.7 Å². The first-order valence-electron chi connectivity index (χ1n) is 7.20. The second-order valence-corrected chi connectivity index (χ2v) is 5.73. The first kappa shape index (κ1) is 14.8. The van der Waals surface area contributed by atoms with Gasteiger partial charge in [0.05, 0.1) is 6.10 Å². The summed E-state index contributed by atoms with van der Waals surface area (Å²) in [4.78, 5) is 0. The topological polar surface area (TPSA) is 9.23 Å². The van der Waals surface area contributed by atoms with E-state index in [1.165, 1.54) is 18.9 Å². The highest BCUT2D eigenvalue weighted by Gasteiger charge is 2.16. The Balaban J connectivity index is 1.73. The van der Waals surface area contributed by atoms with Crippen molar-refractivity contribution >= 4 is 11.6 Å². The zero-order chi connectivity index (χ0) is 13.5. The molecule has 1 aliphatic rings. The molecule has 0 amide bonds. The van der Waals surface area contributed by atoms with Crippen LogP contribution in [-0.4, -0.2) is 18.6 Å². The van der Waals surface area contributed by atoms with Crippen LogP contribution in [0.5, 0.6) is 0 Å². The van der Waals surface area contributed by atoms with Crippen LogP contribution in [0, 0.1) is 11.7 Å². The molecule has 1 saturated heterocycles. The molecule has 1 fully saturated rings. The van der Waals surface area contributed by atoms with Crippen LogP contribution in [0.2, 0.25) is 0 Å². The third-order valence-corrected chi connectivity index (χ3v) is 4.23. The molecular weight excluding hydrogens is 263 g/mol. The average Bonchev–Trinajstić information content (AvgIpc) is 2.91. The number of hydrogen-bond acceptors (Lipinski definition) is 1. The van der Waals surface area contributed by atoms with E-state index in [4.69, 9.17) is 16.3 Å². The van der Waals surface area contributed by atoms with E-state index in [0.717, 1.165) is 37.9 Å². The van der Waals surface area contributed by atoms with Gasteiger partial charge in [-0.2, -0.15) is 0 Å². The van der Waals surface area contributed by atoms with E-state index in [1.54, 1.807) is 12.1 Å². The molecule has 0 bridgehead atoms. The fourth-order valence-electron chi connectivity index (χ4n) is 2.74. The van der Waals surface area contributed by atoms with Crippen LogP contribution in [0.15, 0.2) is 24.3 Å². The van der Waals surface area contributed by atoms with E-state index in [2.05, 4.69) is 0 Å². The van der Waals surface area contributed by atoms with Gasteiger partial charge in [-0.1, -0.05) is 18.6 Å². The van der Waals surface area contributed by atoms with Crippen molar-refractivity contribution in [2.24, 2.45) is 5.92 Å². The maximum atomic E-state index is 13.1. The van der Waals surface area contributed by atoms with Gasteiger partial charge in [0, 0.05) is 12.5 Å². The van der Waals surface area contributed by atoms with Crippen LogP contribution < -0.4 is 0 Å². The Bertz CT molecular complexity index is 377. The van der Waals surface area contributed by atoms with E-state index in [1.807, 2.05) is 6.07 Å². The van der Waals surface area contributed by atoms with Crippen LogP contribution >= 0.6 is 11.6 Å². The van der Waals surface area contributed by atoms with Crippen LogP contribution in [0.3, 0.4) is 0 Å². The molecule has 3 heteroatoms. The number of benzene rings is 1. The number of rotatable bonds is 7. The third kappa shape index (κ3) is 5.12. The number of halogens is 2. The molecule has 0 spiro atoms. The van der Waals surface area contributed by atoms with E-state index >= 15 is 0 Å². The minimum Gasteiger partial charge on any atom is -0.378 e. The largest absolute Gasteiger partial charge is 0.378 e. The summed E-state index contributed by atoms with van der Waals surface area (Å²) in [6.07, 6.45) is 7.12. The Hall–Kier alpha value is -0.600. The Morgan fingerprint density at radius 3 is 3.00 bits per heavy atom. The van der Waals surface area contributed by atoms with Crippen molar-refractivity contribution in [2.75, 3.05) is 12.5 Å². The molecule has 19 heavy (non-hydrogen) atoms. The SMILES string of the molecule is Fc1cccc(CC(CCl)CCCC2CCCO2)c1. The molecule has 106 valence electrons. The molecule has 0 aromatic heterocycles. The van der Waals surface area contributed by atoms with Crippen molar-refractivity contribution < 1.29 is 9.13 Å². The summed E-state index contributed by atoms with van der Waals surface area (Å²) >= 11 is 6.03. The molecule has 1 aromatic rings. The summed E-state index contributed by atoms with van der Waals surface area (Å²) in [6.45, 7) is 0.924. The van der Waals surface area contributed by atoms with Gasteiger partial charge < -0.3 is 4.74 Å². The molecule has 0 radical (unpaired) electrons. The lowest BCUT2D eigenvalue weighted by Gasteiger charge is -2.15. The minimum absolute atomic E-state index is 0.162. The van der Waals surface area contributed by atoms with Crippen LogP contribution in [0.4, 0.5) is 4.39 Å². The van der Waals surface area contributed by atoms with Gasteiger partial charge in [0.15, 0.2) is 0 Å². The van der Waals surface area contributed by atoms with Crippen molar-refractivity contribution in [3.8, 4) is 0 Å². The summed E-state index contributed by atoms with van der Waals surface area (Å²) in [6, 6.07) is 6.83. The summed E-state index contributed by atoms with van der Waals surface area (Å²) in [5, 5.41) is 0. The second-order valence-electron chi connectivity index (χ2n) is 5.42. The predicted octanol–water partition coefficient (Wildman–Crippen LogP) is 4.57. The molecule has 0 saturated carbocycles. The normalized spacial score (nSPS) is 20.6. The highest BCUT2D eigenvalue weighted by molar-refractivity contribution is 6.18. The monoisotopic (exact) mass is 284 g/mol. The summed E-state index contributed by atoms with van der Waals surface area (Å²) in [5.74, 6) is 0.914. The average molecular weight is 285 g/mol. The lowest BCUT2D eigenvalue weighted by atomic mass is 9.94. The Kier molecular flexibility index (Phi) is 6.12. The molecular formula is C16H22ClFO. The van der Waals surface area contributed by atoms with Crippen LogP contribution in [-0.2, 0) is 11.2 Å². The van der Waals surface area contributed by atoms with E-state index in [9.17, 15) is 4.39 Å². The minimum atomic E-state index is -0.162. The molecule has 1 heterocycles. The summed E-state index contributed by atoms with van der Waals surface area (Å²) in [7, 11) is 0. The van der Waals surface area contributed by atoms with Gasteiger partial charge >= 0.3 is 0 Å². The van der Waals surface area contributed by atoms with Crippen molar-refractivity contribution in [1.29, 1.82) is 0 Å². The van der Waals surface area contributed by atoms with Crippen LogP contribution in [0.25, 0.3) is 0 Å². The molecule has 0 N–H and O–H groups in total. The van der Waals surface area contributed by atoms with Crippen molar-refractivity contribution in [2.45, 2.75) is 44.6 Å². The maximum Gasteiger partial charge on any atom is 0.123 e. The number of ether oxygens (including phenoxy) is 1. The molecule has 1 aromatic carbocycles. The zero-order valence-corrected chi connectivity index (χ0v) is 12.0. The van der Waals surface area contributed by atoms with Crippen molar-refractivity contribution in [3.63, 3.8) is 0 Å². The maximum absolute atomic E-state index is 13.1. The van der Waals surface area contributed by atoms with Gasteiger partial charge in [0.1, 0.15) is 5.82 Å². The lowest BCUT2D eigenvalue weighted by molar-refractivity contribution is 0.101. The number of alkyl halides is 1. The number of hydrogen-bond donors (Lipinski definition) is 0. The van der Waals surface area contributed by atoms with Crippen molar-refractivity contribution in [1.82, 2.24) is 0 Å². The van der Waals surface area contributed by atoms with E-state index < -0.39 is 0 Å². The van der Waals surface area contributed by atoms with Gasteiger partial charge in [0.2, 0.25) is 0 Å². The third-order valence-electron chi connectivity index (χ3n) is 3.79. The lowest BCUT2D eigenvalue weighted by Crippen LogP contribution is -2.10. The van der Waals surface area contributed by atoms with Gasteiger partial charge in [-0.15, -0.1) is 11.6 Å². The first-order chi connectivity index (χ1) is 9.28. The Morgan fingerprint density at radius 1 is 1.42 bits per heavy atom. The summed E-state index contributed by atoms with van der Waals surface area (Å²) in [5.41, 5.74) is 1.04. The van der Waals surface area contributed by atoms with Gasteiger partial charge in [-0.25, -0.2) is 4.39 Å². The Labute approximate surface area is 120 Å². The van der Waals surface area contributed by atoms with Crippen LogP contribution in [0.1, 0.15) is 37.7 Å². The summed E-state index contributed by atoms with van der Waals surface area (Å²) < 4.78 is 18.7. The molecule has 1 aliphatic heterocycles. The first-order valence-corrected chi connectivity index (χ1v) is 7.73.